The first-order valence-corrected chi connectivity index (χ1v) is 14.5. The van der Waals surface area contributed by atoms with Crippen molar-refractivity contribution < 1.29 is 13.2 Å². The molecule has 0 spiro atoms. The third kappa shape index (κ3) is 6.55. The van der Waals surface area contributed by atoms with Crippen molar-refractivity contribution in [3.05, 3.63) is 48.5 Å². The molecule has 0 aliphatic carbocycles. The highest BCUT2D eigenvalue weighted by Crippen LogP contribution is 2.29. The molecule has 1 saturated heterocycles. The van der Waals surface area contributed by atoms with Gasteiger partial charge in [0, 0.05) is 30.9 Å². The average molecular weight is 515 g/mol. The van der Waals surface area contributed by atoms with Crippen LogP contribution in [0, 0.1) is 0 Å². The normalized spacial score (nSPS) is 14.1. The Morgan fingerprint density at radius 1 is 1.03 bits per heavy atom. The van der Waals surface area contributed by atoms with Crippen molar-refractivity contribution in [2.24, 2.45) is 0 Å². The summed E-state index contributed by atoms with van der Waals surface area (Å²) in [7, 11) is -3.34. The van der Waals surface area contributed by atoms with Gasteiger partial charge in [0.25, 0.3) is 0 Å². The Labute approximate surface area is 210 Å². The van der Waals surface area contributed by atoms with Crippen LogP contribution < -0.4 is 14.9 Å². The van der Waals surface area contributed by atoms with E-state index in [1.807, 2.05) is 29.7 Å². The van der Waals surface area contributed by atoms with Gasteiger partial charge in [-0.2, -0.15) is 0 Å². The van der Waals surface area contributed by atoms with E-state index in [0.717, 1.165) is 36.3 Å². The third-order valence-electron chi connectivity index (χ3n) is 5.69. The number of hydrogen-bond donors (Lipinski definition) is 2. The largest absolute Gasteiger partial charge is 0.370 e. The fourth-order valence-corrected chi connectivity index (χ4v) is 5.47. The first-order valence-electron chi connectivity index (χ1n) is 11.6. The van der Waals surface area contributed by atoms with Crippen LogP contribution >= 0.6 is 11.8 Å². The first-order chi connectivity index (χ1) is 16.8. The van der Waals surface area contributed by atoms with Gasteiger partial charge in [-0.25, -0.2) is 8.42 Å². The van der Waals surface area contributed by atoms with Crippen molar-refractivity contribution in [2.75, 3.05) is 40.0 Å². The standard InChI is InChI=1S/C24H30N6O3S2/c1-3-30-23(18-11-13-19(14-12-18)28-35(2,32)33)26-27-24(30)34-17-22(31)25-20-9-5-6-10-21(20)29-15-7-4-8-16-29/h5-6,9-14,28H,3-4,7-8,15-17H2,1-2H3,(H,25,31). The van der Waals surface area contributed by atoms with E-state index in [1.54, 1.807) is 24.3 Å². The fraction of sp³-hybridized carbons (Fsp3) is 0.375. The minimum absolute atomic E-state index is 0.0946. The second-order valence-corrected chi connectivity index (χ2v) is 11.1. The monoisotopic (exact) mass is 514 g/mol. The van der Waals surface area contributed by atoms with Crippen LogP contribution in [-0.4, -0.2) is 54.2 Å². The summed E-state index contributed by atoms with van der Waals surface area (Å²) in [5, 5.41) is 12.3. The molecule has 2 heterocycles. The van der Waals surface area contributed by atoms with E-state index in [4.69, 9.17) is 0 Å². The molecule has 1 aliphatic heterocycles. The van der Waals surface area contributed by atoms with E-state index >= 15 is 0 Å². The lowest BCUT2D eigenvalue weighted by Crippen LogP contribution is -2.30. The van der Waals surface area contributed by atoms with Gasteiger partial charge in [0.15, 0.2) is 11.0 Å². The number of piperidine rings is 1. The molecule has 0 saturated carbocycles. The van der Waals surface area contributed by atoms with Crippen LogP contribution in [0.5, 0.6) is 0 Å². The summed E-state index contributed by atoms with van der Waals surface area (Å²) < 4.78 is 27.2. The Balaban J connectivity index is 1.42. The van der Waals surface area contributed by atoms with Gasteiger partial charge in [-0.3, -0.25) is 9.52 Å². The zero-order chi connectivity index (χ0) is 24.8. The van der Waals surface area contributed by atoms with Gasteiger partial charge < -0.3 is 14.8 Å². The lowest BCUT2D eigenvalue weighted by atomic mass is 10.1. The Hall–Kier alpha value is -3.05. The Morgan fingerprint density at radius 3 is 2.43 bits per heavy atom. The third-order valence-corrected chi connectivity index (χ3v) is 7.26. The highest BCUT2D eigenvalue weighted by atomic mass is 32.2. The van der Waals surface area contributed by atoms with Gasteiger partial charge >= 0.3 is 0 Å². The van der Waals surface area contributed by atoms with E-state index in [9.17, 15) is 13.2 Å². The van der Waals surface area contributed by atoms with Crippen molar-refractivity contribution in [1.82, 2.24) is 14.8 Å². The number of aromatic nitrogens is 3. The van der Waals surface area contributed by atoms with E-state index in [-0.39, 0.29) is 11.7 Å². The number of carbonyl (C=O) groups excluding carboxylic acids is 1. The summed E-state index contributed by atoms with van der Waals surface area (Å²) in [4.78, 5) is 15.1. The molecule has 186 valence electrons. The highest BCUT2D eigenvalue weighted by molar-refractivity contribution is 7.99. The minimum Gasteiger partial charge on any atom is -0.370 e. The predicted molar refractivity (Wildman–Crippen MR) is 141 cm³/mol. The number of para-hydroxylation sites is 2. The molecule has 0 atom stereocenters. The summed E-state index contributed by atoms with van der Waals surface area (Å²) in [6.45, 7) is 4.64. The second kappa shape index (κ2) is 11.1. The molecule has 1 fully saturated rings. The van der Waals surface area contributed by atoms with Crippen LogP contribution in [0.2, 0.25) is 0 Å². The topological polar surface area (TPSA) is 109 Å². The number of hydrogen-bond acceptors (Lipinski definition) is 7. The van der Waals surface area contributed by atoms with Crippen LogP contribution in [0.3, 0.4) is 0 Å². The molecule has 3 aromatic rings. The maximum absolute atomic E-state index is 12.8. The van der Waals surface area contributed by atoms with Crippen LogP contribution in [-0.2, 0) is 21.4 Å². The van der Waals surface area contributed by atoms with Crippen LogP contribution in [0.15, 0.2) is 53.7 Å². The van der Waals surface area contributed by atoms with Crippen LogP contribution in [0.4, 0.5) is 17.1 Å². The molecule has 0 radical (unpaired) electrons. The second-order valence-electron chi connectivity index (χ2n) is 8.40. The lowest BCUT2D eigenvalue weighted by Gasteiger charge is -2.30. The Morgan fingerprint density at radius 2 is 1.74 bits per heavy atom. The number of sulfonamides is 1. The summed E-state index contributed by atoms with van der Waals surface area (Å²) in [6, 6.07) is 14.9. The number of nitrogens with zero attached hydrogens (tertiary/aromatic N) is 4. The van der Waals surface area contributed by atoms with Crippen molar-refractivity contribution >= 4 is 44.8 Å². The van der Waals surface area contributed by atoms with E-state index in [2.05, 4.69) is 31.2 Å². The SMILES string of the molecule is CCn1c(SCC(=O)Nc2ccccc2N2CCCCC2)nnc1-c1ccc(NS(C)(=O)=O)cc1. The predicted octanol–water partition coefficient (Wildman–Crippen LogP) is 4.06. The van der Waals surface area contributed by atoms with Crippen molar-refractivity contribution in [2.45, 2.75) is 37.9 Å². The molecule has 2 aromatic carbocycles. The molecule has 35 heavy (non-hydrogen) atoms. The number of rotatable bonds is 9. The van der Waals surface area contributed by atoms with E-state index in [1.165, 1.54) is 31.0 Å². The fourth-order valence-electron chi connectivity index (χ4n) is 4.10. The minimum atomic E-state index is -3.34. The molecule has 0 unspecified atom stereocenters. The number of thioether (sulfide) groups is 1. The molecule has 1 amide bonds. The van der Waals surface area contributed by atoms with Gasteiger partial charge in [0.05, 0.1) is 23.4 Å². The molecule has 1 aromatic heterocycles. The Kier molecular flexibility index (Phi) is 7.97. The molecule has 4 rings (SSSR count). The maximum atomic E-state index is 12.8. The quantitative estimate of drug-likeness (QED) is 0.415. The first kappa shape index (κ1) is 25.1. The molecule has 11 heteroatoms. The van der Waals surface area contributed by atoms with Crippen molar-refractivity contribution in [3.8, 4) is 11.4 Å². The molecule has 1 aliphatic rings. The number of nitrogens with one attached hydrogen (secondary N) is 2. The van der Waals surface area contributed by atoms with Crippen LogP contribution in [0.1, 0.15) is 26.2 Å². The maximum Gasteiger partial charge on any atom is 0.234 e. The number of benzene rings is 2. The molecular weight excluding hydrogens is 484 g/mol. The molecule has 2 N–H and O–H groups in total. The summed E-state index contributed by atoms with van der Waals surface area (Å²) >= 11 is 1.34. The van der Waals surface area contributed by atoms with Crippen molar-refractivity contribution in [3.63, 3.8) is 0 Å². The summed E-state index contributed by atoms with van der Waals surface area (Å²) in [5.74, 6) is 0.781. The smallest absolute Gasteiger partial charge is 0.234 e. The van der Waals surface area contributed by atoms with Gasteiger partial charge in [-0.1, -0.05) is 23.9 Å². The van der Waals surface area contributed by atoms with E-state index < -0.39 is 10.0 Å². The molecule has 9 nitrogen and oxygen atoms in total. The lowest BCUT2D eigenvalue weighted by molar-refractivity contribution is -0.113. The Bertz CT molecular complexity index is 1270. The zero-order valence-electron chi connectivity index (χ0n) is 19.9. The van der Waals surface area contributed by atoms with Crippen LogP contribution in [0.25, 0.3) is 11.4 Å². The highest BCUT2D eigenvalue weighted by Gasteiger charge is 2.18. The zero-order valence-corrected chi connectivity index (χ0v) is 21.5. The summed E-state index contributed by atoms with van der Waals surface area (Å²) in [6.07, 6.45) is 4.71. The molecular formula is C24H30N6O3S2. The average Bonchev–Trinajstić information content (AvgIpc) is 3.26. The summed E-state index contributed by atoms with van der Waals surface area (Å²) in [5.41, 5.74) is 3.19. The van der Waals surface area contributed by atoms with Gasteiger partial charge in [0.2, 0.25) is 15.9 Å². The van der Waals surface area contributed by atoms with Gasteiger partial charge in [-0.05, 0) is 62.6 Å². The van der Waals surface area contributed by atoms with E-state index in [0.29, 0.717) is 23.2 Å². The van der Waals surface area contributed by atoms with Crippen molar-refractivity contribution in [1.29, 1.82) is 0 Å². The molecule has 0 bridgehead atoms. The number of carbonyl (C=O) groups is 1. The number of anilines is 3. The van der Waals surface area contributed by atoms with Gasteiger partial charge in [-0.15, -0.1) is 10.2 Å². The van der Waals surface area contributed by atoms with Gasteiger partial charge in [0.1, 0.15) is 0 Å². The number of amides is 1.